The van der Waals surface area contributed by atoms with Crippen molar-refractivity contribution in [1.82, 2.24) is 19.4 Å². The average Bonchev–Trinajstić information content (AvgIpc) is 3.08. The van der Waals surface area contributed by atoms with E-state index in [1.807, 2.05) is 22.9 Å². The van der Waals surface area contributed by atoms with Gasteiger partial charge >= 0.3 is 0 Å². The summed E-state index contributed by atoms with van der Waals surface area (Å²) in [5.41, 5.74) is 0.161. The second kappa shape index (κ2) is 8.87. The van der Waals surface area contributed by atoms with Crippen LogP contribution in [0.3, 0.4) is 0 Å². The topological polar surface area (TPSA) is 78.7 Å². The summed E-state index contributed by atoms with van der Waals surface area (Å²) in [5, 5.41) is 9.04. The summed E-state index contributed by atoms with van der Waals surface area (Å²) in [6.07, 6.45) is 9.28. The van der Waals surface area contributed by atoms with E-state index in [1.54, 1.807) is 6.20 Å². The van der Waals surface area contributed by atoms with Gasteiger partial charge in [-0.3, -0.25) is 9.59 Å². The van der Waals surface area contributed by atoms with Crippen molar-refractivity contribution in [1.29, 1.82) is 0 Å². The zero-order valence-electron chi connectivity index (χ0n) is 16.4. The van der Waals surface area contributed by atoms with E-state index in [2.05, 4.69) is 9.55 Å². The molecule has 2 amide bonds. The molecule has 3 heterocycles. The molecule has 1 N–H and O–H groups in total. The third kappa shape index (κ3) is 4.89. The second-order valence-electron chi connectivity index (χ2n) is 8.04. The highest BCUT2D eigenvalue weighted by atomic mass is 16.3. The Kier molecular flexibility index (Phi) is 6.52. The summed E-state index contributed by atoms with van der Waals surface area (Å²) < 4.78 is 2.08. The molecule has 0 aliphatic carbocycles. The molecule has 0 radical (unpaired) electrons. The molecule has 0 atom stereocenters. The molecule has 2 saturated heterocycles. The first kappa shape index (κ1) is 19.9. The van der Waals surface area contributed by atoms with Crippen molar-refractivity contribution in [2.24, 2.45) is 5.41 Å². The Morgan fingerprint density at radius 3 is 2.67 bits per heavy atom. The number of piperidine rings is 2. The highest BCUT2D eigenvalue weighted by Crippen LogP contribution is 2.40. The Balaban J connectivity index is 1.44. The number of likely N-dealkylation sites (tertiary alicyclic amines) is 2. The molecule has 3 rings (SSSR count). The lowest BCUT2D eigenvalue weighted by Crippen LogP contribution is -2.52. The normalized spacial score (nSPS) is 19.7. The van der Waals surface area contributed by atoms with Gasteiger partial charge in [-0.15, -0.1) is 0 Å². The summed E-state index contributed by atoms with van der Waals surface area (Å²) in [6, 6.07) is 0. The van der Waals surface area contributed by atoms with Gasteiger partial charge in [0.2, 0.25) is 11.8 Å². The van der Waals surface area contributed by atoms with Crippen LogP contribution in [-0.4, -0.2) is 69.1 Å². The van der Waals surface area contributed by atoms with Gasteiger partial charge in [0.05, 0.1) is 0 Å². The lowest BCUT2D eigenvalue weighted by Gasteiger charge is -2.47. The third-order valence-corrected chi connectivity index (χ3v) is 6.22. The number of amides is 2. The second-order valence-corrected chi connectivity index (χ2v) is 8.04. The molecule has 2 fully saturated rings. The fourth-order valence-corrected chi connectivity index (χ4v) is 4.41. The van der Waals surface area contributed by atoms with E-state index in [4.69, 9.17) is 5.11 Å². The summed E-state index contributed by atoms with van der Waals surface area (Å²) in [5.74, 6) is 1.44. The molecule has 0 aromatic carbocycles. The number of nitrogens with zero attached hydrogens (tertiary/aromatic N) is 4. The maximum Gasteiger partial charge on any atom is 0.222 e. The first-order valence-corrected chi connectivity index (χ1v) is 10.2. The number of hydrogen-bond acceptors (Lipinski definition) is 4. The first-order chi connectivity index (χ1) is 13.0. The molecule has 7 nitrogen and oxygen atoms in total. The third-order valence-electron chi connectivity index (χ3n) is 6.22. The molecule has 1 spiro atoms. The van der Waals surface area contributed by atoms with Crippen LogP contribution in [0.1, 0.15) is 50.8 Å². The van der Waals surface area contributed by atoms with E-state index >= 15 is 0 Å². The predicted octanol–water partition coefficient (Wildman–Crippen LogP) is 1.59. The van der Waals surface area contributed by atoms with Crippen molar-refractivity contribution >= 4 is 11.8 Å². The van der Waals surface area contributed by atoms with Crippen LogP contribution in [0.5, 0.6) is 0 Å². The maximum absolute atomic E-state index is 12.5. The molecule has 7 heteroatoms. The summed E-state index contributed by atoms with van der Waals surface area (Å²) in [4.78, 5) is 32.8. The lowest BCUT2D eigenvalue weighted by atomic mass is 9.72. The molecule has 0 saturated carbocycles. The van der Waals surface area contributed by atoms with Gasteiger partial charge in [0, 0.05) is 64.6 Å². The minimum atomic E-state index is 0.123. The van der Waals surface area contributed by atoms with E-state index in [9.17, 15) is 9.59 Å². The fraction of sp³-hybridized carbons (Fsp3) is 0.750. The lowest BCUT2D eigenvalue weighted by molar-refractivity contribution is -0.142. The molecular formula is C20H32N4O3. The number of rotatable bonds is 7. The number of imidazole rings is 1. The molecule has 1 aromatic heterocycles. The monoisotopic (exact) mass is 376 g/mol. The fourth-order valence-electron chi connectivity index (χ4n) is 4.41. The summed E-state index contributed by atoms with van der Waals surface area (Å²) in [7, 11) is 0. The summed E-state index contributed by atoms with van der Waals surface area (Å²) in [6.45, 7) is 5.96. The van der Waals surface area contributed by atoms with Crippen LogP contribution in [0.25, 0.3) is 0 Å². The Morgan fingerprint density at radius 2 is 2.00 bits per heavy atom. The van der Waals surface area contributed by atoms with Crippen molar-refractivity contribution < 1.29 is 14.7 Å². The van der Waals surface area contributed by atoms with Crippen LogP contribution < -0.4 is 0 Å². The molecule has 1 aromatic rings. The van der Waals surface area contributed by atoms with E-state index in [1.165, 1.54) is 0 Å². The standard InChI is InChI=1S/C20H32N4O3/c1-17-21-9-14-22(17)10-2-4-18(26)23-12-7-20(8-13-23)6-5-19(27)24(16-20)11-3-15-25/h9,14,25H,2-8,10-13,15-16H2,1H3. The van der Waals surface area contributed by atoms with Gasteiger partial charge < -0.3 is 19.5 Å². The number of aliphatic hydroxyl groups is 1. The van der Waals surface area contributed by atoms with Crippen molar-refractivity contribution in [3.05, 3.63) is 18.2 Å². The van der Waals surface area contributed by atoms with E-state index in [0.717, 1.165) is 57.7 Å². The number of aromatic nitrogens is 2. The largest absolute Gasteiger partial charge is 0.396 e. The molecule has 27 heavy (non-hydrogen) atoms. The van der Waals surface area contributed by atoms with Gasteiger partial charge in [0.1, 0.15) is 5.82 Å². The van der Waals surface area contributed by atoms with Gasteiger partial charge in [-0.05, 0) is 44.4 Å². The highest BCUT2D eigenvalue weighted by Gasteiger charge is 2.41. The van der Waals surface area contributed by atoms with Gasteiger partial charge in [-0.2, -0.15) is 0 Å². The number of carbonyl (C=O) groups excluding carboxylic acids is 2. The van der Waals surface area contributed by atoms with E-state index < -0.39 is 0 Å². The molecule has 0 unspecified atom stereocenters. The predicted molar refractivity (Wildman–Crippen MR) is 102 cm³/mol. The number of hydrogen-bond donors (Lipinski definition) is 1. The average molecular weight is 377 g/mol. The van der Waals surface area contributed by atoms with E-state index in [-0.39, 0.29) is 23.8 Å². The minimum Gasteiger partial charge on any atom is -0.396 e. The zero-order valence-corrected chi connectivity index (χ0v) is 16.4. The Hall–Kier alpha value is -1.89. The molecule has 2 aliphatic heterocycles. The maximum atomic E-state index is 12.5. The van der Waals surface area contributed by atoms with Gasteiger partial charge in [0.15, 0.2) is 0 Å². The Bertz CT molecular complexity index is 649. The number of aryl methyl sites for hydroxylation is 2. The van der Waals surface area contributed by atoms with Gasteiger partial charge in [0.25, 0.3) is 0 Å². The molecule has 2 aliphatic rings. The van der Waals surface area contributed by atoms with E-state index in [0.29, 0.717) is 25.8 Å². The number of aliphatic hydroxyl groups excluding tert-OH is 1. The van der Waals surface area contributed by atoms with Gasteiger partial charge in [-0.25, -0.2) is 4.98 Å². The van der Waals surface area contributed by atoms with Crippen LogP contribution in [0, 0.1) is 12.3 Å². The van der Waals surface area contributed by atoms with Crippen LogP contribution in [-0.2, 0) is 16.1 Å². The van der Waals surface area contributed by atoms with Crippen molar-refractivity contribution in [3.63, 3.8) is 0 Å². The molecular weight excluding hydrogens is 344 g/mol. The molecule has 0 bridgehead atoms. The highest BCUT2D eigenvalue weighted by molar-refractivity contribution is 5.77. The molecule has 150 valence electrons. The van der Waals surface area contributed by atoms with Crippen LogP contribution in [0.15, 0.2) is 12.4 Å². The summed E-state index contributed by atoms with van der Waals surface area (Å²) >= 11 is 0. The first-order valence-electron chi connectivity index (χ1n) is 10.2. The zero-order chi connectivity index (χ0) is 19.3. The van der Waals surface area contributed by atoms with Gasteiger partial charge in [-0.1, -0.05) is 0 Å². The Morgan fingerprint density at radius 1 is 1.22 bits per heavy atom. The Labute approximate surface area is 161 Å². The van der Waals surface area contributed by atoms with Crippen LogP contribution in [0.4, 0.5) is 0 Å². The minimum absolute atomic E-state index is 0.123. The number of carbonyl (C=O) groups is 2. The van der Waals surface area contributed by atoms with Crippen LogP contribution >= 0.6 is 0 Å². The van der Waals surface area contributed by atoms with Crippen LogP contribution in [0.2, 0.25) is 0 Å². The van der Waals surface area contributed by atoms with Crippen molar-refractivity contribution in [2.75, 3.05) is 32.8 Å². The SMILES string of the molecule is Cc1nccn1CCCC(=O)N1CCC2(CCC(=O)N(CCCO)C2)CC1. The van der Waals surface area contributed by atoms with Crippen molar-refractivity contribution in [2.45, 2.75) is 58.4 Å². The smallest absolute Gasteiger partial charge is 0.222 e. The quantitative estimate of drug-likeness (QED) is 0.784. The van der Waals surface area contributed by atoms with Crippen molar-refractivity contribution in [3.8, 4) is 0 Å².